The van der Waals surface area contributed by atoms with Crippen LogP contribution in [0, 0.1) is 0 Å². The van der Waals surface area contributed by atoms with E-state index >= 15 is 0 Å². The number of hydrogen-bond donors (Lipinski definition) is 2. The summed E-state index contributed by atoms with van der Waals surface area (Å²) >= 11 is 0. The van der Waals surface area contributed by atoms with E-state index in [2.05, 4.69) is 4.98 Å². The molecule has 1 aromatic heterocycles. The molecule has 0 atom stereocenters. The smallest absolute Gasteiger partial charge is 0.323 e. The van der Waals surface area contributed by atoms with Gasteiger partial charge in [0.15, 0.2) is 0 Å². The standard InChI is InChI=1S/C21H18N2O5/c1-28-16-9-7-15(8-10-16)12-18-20(26)22-17(11-14-5-3-2-4-6-14)21(27)23(18)13-19(24)25/h2-12H,13H2,1H3,(H,22,26)(H,24,25). The summed E-state index contributed by atoms with van der Waals surface area (Å²) in [5.74, 6) is -0.579. The van der Waals surface area contributed by atoms with E-state index in [1.54, 1.807) is 48.5 Å². The van der Waals surface area contributed by atoms with Gasteiger partial charge in [-0.3, -0.25) is 19.0 Å². The first-order chi connectivity index (χ1) is 13.5. The summed E-state index contributed by atoms with van der Waals surface area (Å²) in [6.45, 7) is -0.625. The molecule has 0 aliphatic carbocycles. The maximum Gasteiger partial charge on any atom is 0.323 e. The lowest BCUT2D eigenvalue weighted by Crippen LogP contribution is -2.54. The van der Waals surface area contributed by atoms with Gasteiger partial charge in [-0.05, 0) is 35.4 Å². The third-order valence-corrected chi connectivity index (χ3v) is 4.07. The number of carboxylic acids is 1. The number of H-pyrrole nitrogens is 1. The van der Waals surface area contributed by atoms with Gasteiger partial charge in [-0.2, -0.15) is 0 Å². The Hall–Kier alpha value is -3.87. The van der Waals surface area contributed by atoms with Crippen LogP contribution in [0.4, 0.5) is 0 Å². The Bertz CT molecular complexity index is 1220. The summed E-state index contributed by atoms with van der Waals surface area (Å²) in [6, 6.07) is 15.8. The number of rotatable bonds is 5. The highest BCUT2D eigenvalue weighted by molar-refractivity contribution is 5.66. The van der Waals surface area contributed by atoms with Gasteiger partial charge in [-0.15, -0.1) is 0 Å². The molecule has 28 heavy (non-hydrogen) atoms. The molecule has 3 rings (SSSR count). The first-order valence-electron chi connectivity index (χ1n) is 8.45. The van der Waals surface area contributed by atoms with Crippen LogP contribution in [0.1, 0.15) is 11.1 Å². The van der Waals surface area contributed by atoms with Crippen molar-refractivity contribution in [3.05, 3.63) is 97.1 Å². The van der Waals surface area contributed by atoms with Crippen molar-refractivity contribution in [3.63, 3.8) is 0 Å². The molecule has 0 saturated heterocycles. The number of benzene rings is 2. The molecule has 0 amide bonds. The van der Waals surface area contributed by atoms with Crippen LogP contribution in [0.2, 0.25) is 0 Å². The fourth-order valence-electron chi connectivity index (χ4n) is 2.72. The number of hydrogen-bond acceptors (Lipinski definition) is 4. The van der Waals surface area contributed by atoms with Gasteiger partial charge < -0.3 is 14.8 Å². The van der Waals surface area contributed by atoms with E-state index in [1.165, 1.54) is 19.3 Å². The van der Waals surface area contributed by atoms with E-state index in [0.717, 1.165) is 4.57 Å². The van der Waals surface area contributed by atoms with Crippen molar-refractivity contribution in [1.82, 2.24) is 9.55 Å². The normalized spacial score (nSPS) is 12.2. The first kappa shape index (κ1) is 18.9. The highest BCUT2D eigenvalue weighted by atomic mass is 16.5. The average molecular weight is 378 g/mol. The number of nitrogens with one attached hydrogen (secondary N) is 1. The number of aromatic nitrogens is 2. The van der Waals surface area contributed by atoms with Crippen LogP contribution in [0.15, 0.2) is 64.2 Å². The quantitative estimate of drug-likeness (QED) is 0.664. The van der Waals surface area contributed by atoms with Crippen LogP contribution in [-0.2, 0) is 11.3 Å². The minimum atomic E-state index is -1.22. The third-order valence-electron chi connectivity index (χ3n) is 4.07. The van der Waals surface area contributed by atoms with Gasteiger partial charge in [0.1, 0.15) is 23.0 Å². The van der Waals surface area contributed by atoms with Crippen LogP contribution in [0.3, 0.4) is 0 Å². The molecular weight excluding hydrogens is 360 g/mol. The topological polar surface area (TPSA) is 101 Å². The molecule has 7 nitrogen and oxygen atoms in total. The van der Waals surface area contributed by atoms with Crippen LogP contribution in [-0.4, -0.2) is 27.7 Å². The molecule has 0 unspecified atom stereocenters. The number of carbonyl (C=O) groups is 1. The summed E-state index contributed by atoms with van der Waals surface area (Å²) in [7, 11) is 1.54. The number of aromatic amines is 1. The summed E-state index contributed by atoms with van der Waals surface area (Å²) in [6.07, 6.45) is 2.98. The van der Waals surface area contributed by atoms with Gasteiger partial charge in [-0.25, -0.2) is 0 Å². The van der Waals surface area contributed by atoms with Crippen molar-refractivity contribution in [2.45, 2.75) is 6.54 Å². The summed E-state index contributed by atoms with van der Waals surface area (Å²) in [4.78, 5) is 39.3. The molecule has 2 N–H and O–H groups in total. The van der Waals surface area contributed by atoms with E-state index in [4.69, 9.17) is 4.74 Å². The van der Waals surface area contributed by atoms with Crippen molar-refractivity contribution in [1.29, 1.82) is 0 Å². The minimum Gasteiger partial charge on any atom is -0.497 e. The second-order valence-corrected chi connectivity index (χ2v) is 6.01. The summed E-state index contributed by atoms with van der Waals surface area (Å²) in [5, 5.41) is 9.19. The number of methoxy groups -OCH3 is 1. The zero-order valence-electron chi connectivity index (χ0n) is 15.1. The lowest BCUT2D eigenvalue weighted by atomic mass is 10.2. The molecule has 2 aromatic carbocycles. The molecule has 0 aliphatic heterocycles. The zero-order valence-corrected chi connectivity index (χ0v) is 15.1. The summed E-state index contributed by atoms with van der Waals surface area (Å²) < 4.78 is 6.05. The average Bonchev–Trinajstić information content (AvgIpc) is 2.69. The molecular formula is C21H18N2O5. The van der Waals surface area contributed by atoms with Crippen LogP contribution >= 0.6 is 0 Å². The fraction of sp³-hybridized carbons (Fsp3) is 0.0952. The Balaban J connectivity index is 2.25. The molecule has 142 valence electrons. The number of nitrogens with zero attached hydrogens (tertiary/aromatic N) is 1. The Kier molecular flexibility index (Phi) is 5.55. The van der Waals surface area contributed by atoms with Crippen molar-refractivity contribution in [3.8, 4) is 5.75 Å². The molecule has 0 spiro atoms. The second-order valence-electron chi connectivity index (χ2n) is 6.01. The summed E-state index contributed by atoms with van der Waals surface area (Å²) in [5.41, 5.74) is 0.193. The van der Waals surface area contributed by atoms with Crippen molar-refractivity contribution < 1.29 is 14.6 Å². The monoisotopic (exact) mass is 378 g/mol. The van der Waals surface area contributed by atoms with Gasteiger partial charge in [-0.1, -0.05) is 42.5 Å². The molecule has 7 heteroatoms. The van der Waals surface area contributed by atoms with Gasteiger partial charge in [0, 0.05) is 0 Å². The molecule has 0 saturated carbocycles. The van der Waals surface area contributed by atoms with Gasteiger partial charge in [0.2, 0.25) is 0 Å². The molecule has 3 aromatic rings. The van der Waals surface area contributed by atoms with Gasteiger partial charge in [0.25, 0.3) is 11.1 Å². The number of ether oxygens (including phenoxy) is 1. The highest BCUT2D eigenvalue weighted by Crippen LogP contribution is 2.11. The third kappa shape index (κ3) is 4.27. The van der Waals surface area contributed by atoms with Crippen LogP contribution in [0.5, 0.6) is 5.75 Å². The van der Waals surface area contributed by atoms with Crippen LogP contribution < -0.4 is 26.6 Å². The molecule has 0 aliphatic rings. The Morgan fingerprint density at radius 2 is 1.68 bits per heavy atom. The highest BCUT2D eigenvalue weighted by Gasteiger charge is 2.09. The van der Waals surface area contributed by atoms with Crippen LogP contribution in [0.25, 0.3) is 12.2 Å². The SMILES string of the molecule is COc1ccc(C=c2c(=O)[nH]c(=Cc3ccccc3)c(=O)n2CC(=O)O)cc1. The fourth-order valence-corrected chi connectivity index (χ4v) is 2.72. The van der Waals surface area contributed by atoms with E-state index in [1.807, 2.05) is 6.07 Å². The van der Waals surface area contributed by atoms with E-state index in [9.17, 15) is 19.5 Å². The van der Waals surface area contributed by atoms with E-state index in [-0.39, 0.29) is 10.7 Å². The maximum absolute atomic E-state index is 12.8. The lowest BCUT2D eigenvalue weighted by Gasteiger charge is -2.05. The zero-order chi connectivity index (χ0) is 20.1. The van der Waals surface area contributed by atoms with E-state index < -0.39 is 23.6 Å². The Morgan fingerprint density at radius 1 is 1.04 bits per heavy atom. The molecule has 1 heterocycles. The Labute approximate surface area is 159 Å². The first-order valence-corrected chi connectivity index (χ1v) is 8.45. The van der Waals surface area contributed by atoms with E-state index in [0.29, 0.717) is 16.9 Å². The molecule has 0 fully saturated rings. The van der Waals surface area contributed by atoms with Gasteiger partial charge in [0.05, 0.1) is 7.11 Å². The molecule has 0 radical (unpaired) electrons. The predicted octanol–water partition coefficient (Wildman–Crippen LogP) is 0.287. The lowest BCUT2D eigenvalue weighted by molar-refractivity contribution is -0.137. The van der Waals surface area contributed by atoms with Gasteiger partial charge >= 0.3 is 5.97 Å². The molecule has 0 bridgehead atoms. The largest absolute Gasteiger partial charge is 0.497 e. The number of aliphatic carboxylic acids is 1. The minimum absolute atomic E-state index is 0.0179. The Morgan fingerprint density at radius 3 is 2.29 bits per heavy atom. The van der Waals surface area contributed by atoms with Crippen molar-refractivity contribution >= 4 is 18.1 Å². The number of carboxylic acid groups (broad SMARTS) is 1. The second kappa shape index (κ2) is 8.22. The van der Waals surface area contributed by atoms with Crippen molar-refractivity contribution in [2.24, 2.45) is 0 Å². The predicted molar refractivity (Wildman–Crippen MR) is 105 cm³/mol. The maximum atomic E-state index is 12.8. The van der Waals surface area contributed by atoms with Crippen molar-refractivity contribution in [2.75, 3.05) is 7.11 Å².